The summed E-state index contributed by atoms with van der Waals surface area (Å²) in [6.45, 7) is 3.39. The highest BCUT2D eigenvalue weighted by Crippen LogP contribution is 2.23. The smallest absolute Gasteiger partial charge is 0.274 e. The highest BCUT2D eigenvalue weighted by Gasteiger charge is 2.02. The zero-order valence-corrected chi connectivity index (χ0v) is 10.1. The van der Waals surface area contributed by atoms with Crippen LogP contribution >= 0.6 is 0 Å². The number of hydrogen-bond donors (Lipinski definition) is 1. The molecule has 0 fully saturated rings. The zero-order valence-electron chi connectivity index (χ0n) is 10.1. The predicted octanol–water partition coefficient (Wildman–Crippen LogP) is 3.05. The Morgan fingerprint density at radius 1 is 1.21 bits per heavy atom. The lowest BCUT2D eigenvalue weighted by molar-refractivity contribution is 0.167. The van der Waals surface area contributed by atoms with Crippen LogP contribution in [0.5, 0.6) is 5.75 Å². The Morgan fingerprint density at radius 3 is 2.58 bits per heavy atom. The second-order valence-electron chi connectivity index (χ2n) is 3.95. The molecule has 1 N–H and O–H groups in total. The van der Waals surface area contributed by atoms with Crippen molar-refractivity contribution in [2.45, 2.75) is 6.61 Å². The first-order valence-corrected chi connectivity index (χ1v) is 5.55. The summed E-state index contributed by atoms with van der Waals surface area (Å²) >= 11 is 0. The average Bonchev–Trinajstić information content (AvgIpc) is 2.35. The Labute approximate surface area is 111 Å². The number of fused-ring (bicyclic) bond motifs is 1. The standard InChI is InChI=1S/C14H11BO4/c1-9(16)19-13-5-4-11-6-10(8-18-14(15)17)2-3-12(11)7-13/h2-7,16H,1,8H2. The number of rotatable bonds is 4. The summed E-state index contributed by atoms with van der Waals surface area (Å²) in [5.74, 6) is -0.655. The van der Waals surface area contributed by atoms with E-state index in [1.807, 2.05) is 24.3 Å². The topological polar surface area (TPSA) is 55.8 Å². The van der Waals surface area contributed by atoms with Gasteiger partial charge in [0.05, 0.1) is 0 Å². The van der Waals surface area contributed by atoms with E-state index in [4.69, 9.17) is 22.4 Å². The summed E-state index contributed by atoms with van der Waals surface area (Å²) in [5, 5.41) is 10.9. The minimum atomic E-state index is -0.801. The number of carbonyl (C=O) groups excluding carboxylic acids is 1. The van der Waals surface area contributed by atoms with Crippen LogP contribution in [0.1, 0.15) is 5.56 Å². The van der Waals surface area contributed by atoms with Crippen molar-refractivity contribution >= 4 is 24.5 Å². The Balaban J connectivity index is 2.24. The number of ether oxygens (including phenoxy) is 2. The summed E-state index contributed by atoms with van der Waals surface area (Å²) in [5.41, 5.74) is 0.839. The van der Waals surface area contributed by atoms with Crippen LogP contribution in [0.2, 0.25) is 0 Å². The van der Waals surface area contributed by atoms with E-state index in [1.54, 1.807) is 12.1 Å². The molecule has 0 spiro atoms. The van der Waals surface area contributed by atoms with Crippen molar-refractivity contribution in [3.8, 4) is 5.75 Å². The van der Waals surface area contributed by atoms with Gasteiger partial charge in [0.2, 0.25) is 13.7 Å². The number of hydrogen-bond acceptors (Lipinski definition) is 4. The first-order valence-electron chi connectivity index (χ1n) is 5.55. The molecular formula is C14H11BO4. The highest BCUT2D eigenvalue weighted by atomic mass is 16.6. The van der Waals surface area contributed by atoms with Crippen molar-refractivity contribution in [3.63, 3.8) is 0 Å². The van der Waals surface area contributed by atoms with Crippen LogP contribution < -0.4 is 4.74 Å². The summed E-state index contributed by atoms with van der Waals surface area (Å²) < 4.78 is 9.73. The molecule has 0 amide bonds. The average molecular weight is 254 g/mol. The molecule has 0 aromatic heterocycles. The Bertz CT molecular complexity index is 636. The van der Waals surface area contributed by atoms with Gasteiger partial charge < -0.3 is 14.6 Å². The lowest BCUT2D eigenvalue weighted by Crippen LogP contribution is -2.00. The normalized spacial score (nSPS) is 10.1. The number of carbonyl (C=O) groups is 1. The fraction of sp³-hybridized carbons (Fsp3) is 0.0714. The van der Waals surface area contributed by atoms with Crippen molar-refractivity contribution in [2.75, 3.05) is 0 Å². The van der Waals surface area contributed by atoms with Gasteiger partial charge in [0, 0.05) is 0 Å². The molecule has 0 aliphatic carbocycles. The van der Waals surface area contributed by atoms with Gasteiger partial charge in [0.1, 0.15) is 12.4 Å². The maximum atomic E-state index is 10.5. The van der Waals surface area contributed by atoms with Crippen LogP contribution in [-0.2, 0) is 11.3 Å². The second-order valence-corrected chi connectivity index (χ2v) is 3.95. The minimum absolute atomic E-state index is 0.136. The lowest BCUT2D eigenvalue weighted by Gasteiger charge is -2.07. The van der Waals surface area contributed by atoms with Gasteiger partial charge in [0.25, 0.3) is 5.95 Å². The van der Waals surface area contributed by atoms with Crippen LogP contribution in [0.25, 0.3) is 10.8 Å². The fourth-order valence-electron chi connectivity index (χ4n) is 1.72. The van der Waals surface area contributed by atoms with Crippen LogP contribution in [0.4, 0.5) is 4.79 Å². The fourth-order valence-corrected chi connectivity index (χ4v) is 1.72. The van der Waals surface area contributed by atoms with Gasteiger partial charge >= 0.3 is 0 Å². The van der Waals surface area contributed by atoms with Crippen molar-refractivity contribution in [1.29, 1.82) is 0 Å². The molecular weight excluding hydrogens is 243 g/mol. The first-order chi connectivity index (χ1) is 9.04. The van der Waals surface area contributed by atoms with Crippen LogP contribution in [0, 0.1) is 0 Å². The molecule has 0 heterocycles. The van der Waals surface area contributed by atoms with Gasteiger partial charge in [-0.1, -0.05) is 18.2 Å². The van der Waals surface area contributed by atoms with Gasteiger partial charge in [-0.25, -0.2) is 0 Å². The molecule has 2 aromatic rings. The Kier molecular flexibility index (Phi) is 3.75. The van der Waals surface area contributed by atoms with Crippen molar-refractivity contribution in [3.05, 3.63) is 54.5 Å². The van der Waals surface area contributed by atoms with Gasteiger partial charge in [-0.05, 0) is 41.1 Å². The molecule has 0 unspecified atom stereocenters. The van der Waals surface area contributed by atoms with Crippen molar-refractivity contribution in [2.24, 2.45) is 0 Å². The summed E-state index contributed by atoms with van der Waals surface area (Å²) in [6.07, 6.45) is 0. The molecule has 0 bridgehead atoms. The van der Waals surface area contributed by atoms with E-state index >= 15 is 0 Å². The number of benzene rings is 2. The SMILES string of the molecule is [B]C(=O)OCc1ccc2cc(OC(=C)O)ccc2c1. The number of aliphatic hydroxyl groups excluding tert-OH is 1. The lowest BCUT2D eigenvalue weighted by atomic mass is 10.1. The molecule has 0 aliphatic heterocycles. The molecule has 5 heteroatoms. The van der Waals surface area contributed by atoms with E-state index in [2.05, 4.69) is 6.58 Å². The van der Waals surface area contributed by atoms with Crippen LogP contribution in [-0.4, -0.2) is 18.8 Å². The largest absolute Gasteiger partial charge is 0.481 e. The van der Waals surface area contributed by atoms with E-state index in [-0.39, 0.29) is 12.6 Å². The zero-order chi connectivity index (χ0) is 13.8. The maximum Gasteiger partial charge on any atom is 0.274 e. The molecule has 0 saturated heterocycles. The highest BCUT2D eigenvalue weighted by molar-refractivity contribution is 6.55. The van der Waals surface area contributed by atoms with Gasteiger partial charge in [0.15, 0.2) is 0 Å². The van der Waals surface area contributed by atoms with E-state index in [0.717, 1.165) is 16.3 Å². The third-order valence-corrected chi connectivity index (χ3v) is 2.49. The summed E-state index contributed by atoms with van der Waals surface area (Å²) in [6, 6.07) is 10.9. The maximum absolute atomic E-state index is 10.5. The molecule has 0 atom stereocenters. The third kappa shape index (κ3) is 3.52. The van der Waals surface area contributed by atoms with Crippen molar-refractivity contribution in [1.82, 2.24) is 0 Å². The molecule has 2 radical (unpaired) electrons. The van der Waals surface area contributed by atoms with Crippen LogP contribution in [0.15, 0.2) is 48.9 Å². The summed E-state index contributed by atoms with van der Waals surface area (Å²) in [4.78, 5) is 10.5. The second kappa shape index (κ2) is 5.48. The van der Waals surface area contributed by atoms with E-state index in [9.17, 15) is 4.79 Å². The molecule has 2 rings (SSSR count). The molecule has 19 heavy (non-hydrogen) atoms. The van der Waals surface area contributed by atoms with E-state index in [1.165, 1.54) is 0 Å². The van der Waals surface area contributed by atoms with E-state index < -0.39 is 5.87 Å². The van der Waals surface area contributed by atoms with Crippen LogP contribution in [0.3, 0.4) is 0 Å². The van der Waals surface area contributed by atoms with Gasteiger partial charge in [-0.2, -0.15) is 0 Å². The minimum Gasteiger partial charge on any atom is -0.481 e. The first kappa shape index (κ1) is 13.0. The van der Waals surface area contributed by atoms with Crippen molar-refractivity contribution < 1.29 is 19.4 Å². The molecule has 0 aliphatic rings. The quantitative estimate of drug-likeness (QED) is 0.672. The van der Waals surface area contributed by atoms with E-state index in [0.29, 0.717) is 5.75 Å². The van der Waals surface area contributed by atoms with Gasteiger partial charge in [-0.15, -0.1) is 0 Å². The molecule has 94 valence electrons. The predicted molar refractivity (Wildman–Crippen MR) is 72.3 cm³/mol. The van der Waals surface area contributed by atoms with Gasteiger partial charge in [-0.3, -0.25) is 4.79 Å². The third-order valence-electron chi connectivity index (χ3n) is 2.49. The number of aliphatic hydroxyl groups is 1. The molecule has 2 aromatic carbocycles. The Morgan fingerprint density at radius 2 is 1.89 bits per heavy atom. The monoisotopic (exact) mass is 254 g/mol. The Hall–Kier alpha value is -2.43. The molecule has 4 nitrogen and oxygen atoms in total. The molecule has 0 saturated carbocycles. The summed E-state index contributed by atoms with van der Waals surface area (Å²) in [7, 11) is 4.91.